The maximum absolute atomic E-state index is 11.1. The fourth-order valence-electron chi connectivity index (χ4n) is 3.38. The first-order valence-electron chi connectivity index (χ1n) is 9.81. The lowest BCUT2D eigenvalue weighted by Gasteiger charge is -2.39. The van der Waals surface area contributed by atoms with Crippen LogP contribution in [0.15, 0.2) is 48.5 Å². The highest BCUT2D eigenvalue weighted by Gasteiger charge is 2.38. The molecule has 0 aliphatic carbocycles. The Morgan fingerprint density at radius 2 is 1.59 bits per heavy atom. The molecular formula is C22H24ClF3N2O4. The van der Waals surface area contributed by atoms with Gasteiger partial charge in [0.1, 0.15) is 0 Å². The Morgan fingerprint density at radius 3 is 2.06 bits per heavy atom. The molecule has 1 saturated heterocycles. The smallest absolute Gasteiger partial charge is 0.475 e. The molecule has 0 atom stereocenters. The molecule has 6 nitrogen and oxygen atoms in total. The topological polar surface area (TPSA) is 104 Å². The van der Waals surface area contributed by atoms with Crippen molar-refractivity contribution in [3.63, 3.8) is 0 Å². The molecule has 1 aliphatic rings. The van der Waals surface area contributed by atoms with Gasteiger partial charge in [-0.25, -0.2) is 4.79 Å². The quantitative estimate of drug-likeness (QED) is 0.617. The SMILES string of the molecule is NC(=O)c1ccc(CCN2CCC(O)(c3ccccc3Cl)CC2)cc1.O=C(O)C(F)(F)F. The number of aliphatic carboxylic acids is 1. The van der Waals surface area contributed by atoms with E-state index >= 15 is 0 Å². The van der Waals surface area contributed by atoms with E-state index < -0.39 is 23.7 Å². The van der Waals surface area contributed by atoms with E-state index in [2.05, 4.69) is 4.90 Å². The molecule has 1 fully saturated rings. The minimum absolute atomic E-state index is 0.401. The second kappa shape index (κ2) is 10.8. The average molecular weight is 473 g/mol. The van der Waals surface area contributed by atoms with Crippen molar-refractivity contribution in [3.8, 4) is 0 Å². The predicted molar refractivity (Wildman–Crippen MR) is 113 cm³/mol. The van der Waals surface area contributed by atoms with Crippen LogP contribution in [0, 0.1) is 0 Å². The predicted octanol–water partition coefficient (Wildman–Crippen LogP) is 3.60. The molecule has 1 amide bonds. The number of nitrogens with zero attached hydrogens (tertiary/aromatic N) is 1. The number of piperidine rings is 1. The highest BCUT2D eigenvalue weighted by molar-refractivity contribution is 6.31. The van der Waals surface area contributed by atoms with Crippen molar-refractivity contribution >= 4 is 23.5 Å². The number of hydrogen-bond donors (Lipinski definition) is 3. The molecule has 0 saturated carbocycles. The number of carboxylic acids is 1. The minimum Gasteiger partial charge on any atom is -0.475 e. The Balaban J connectivity index is 0.000000451. The van der Waals surface area contributed by atoms with Crippen LogP contribution in [0.5, 0.6) is 0 Å². The molecule has 10 heteroatoms. The first kappa shape index (κ1) is 25.6. The molecule has 1 aliphatic heterocycles. The third kappa shape index (κ3) is 7.22. The fourth-order valence-corrected chi connectivity index (χ4v) is 3.69. The van der Waals surface area contributed by atoms with Gasteiger partial charge in [-0.3, -0.25) is 4.79 Å². The third-order valence-electron chi connectivity index (χ3n) is 5.26. The number of carboxylic acid groups (broad SMARTS) is 1. The number of nitrogens with two attached hydrogens (primary N) is 1. The zero-order chi connectivity index (χ0) is 23.9. The number of hydrogen-bond acceptors (Lipinski definition) is 4. The van der Waals surface area contributed by atoms with Crippen LogP contribution in [0.2, 0.25) is 5.02 Å². The van der Waals surface area contributed by atoms with E-state index in [1.807, 2.05) is 36.4 Å². The molecule has 0 bridgehead atoms. The number of carbonyl (C=O) groups excluding carboxylic acids is 1. The average Bonchev–Trinajstić information content (AvgIpc) is 2.73. The number of amides is 1. The molecular weight excluding hydrogens is 449 g/mol. The maximum atomic E-state index is 11.1. The number of benzene rings is 2. The number of halogens is 4. The van der Waals surface area contributed by atoms with Gasteiger partial charge in [0.05, 0.1) is 5.60 Å². The Labute approximate surface area is 188 Å². The van der Waals surface area contributed by atoms with Gasteiger partial charge >= 0.3 is 12.1 Å². The largest absolute Gasteiger partial charge is 0.490 e. The van der Waals surface area contributed by atoms with Gasteiger partial charge in [-0.05, 0) is 43.0 Å². The van der Waals surface area contributed by atoms with Gasteiger partial charge in [0.2, 0.25) is 5.91 Å². The zero-order valence-electron chi connectivity index (χ0n) is 17.1. The van der Waals surface area contributed by atoms with Crippen molar-refractivity contribution < 1.29 is 33.0 Å². The molecule has 2 aromatic rings. The van der Waals surface area contributed by atoms with Gasteiger partial charge in [0, 0.05) is 35.8 Å². The molecule has 0 aromatic heterocycles. The van der Waals surface area contributed by atoms with E-state index in [9.17, 15) is 23.1 Å². The van der Waals surface area contributed by atoms with Gasteiger partial charge in [-0.15, -0.1) is 0 Å². The standard InChI is InChI=1S/C20H23ClN2O2.C2HF3O2/c21-18-4-2-1-3-17(18)20(25)10-13-23(14-11-20)12-9-15-5-7-16(8-6-15)19(22)24;3-2(4,5)1(6)7/h1-8,25H,9-14H2,(H2,22,24);(H,6,7). The van der Waals surface area contributed by atoms with Crippen molar-refractivity contribution in [3.05, 3.63) is 70.2 Å². The summed E-state index contributed by atoms with van der Waals surface area (Å²) in [5.74, 6) is -3.16. The molecule has 4 N–H and O–H groups in total. The van der Waals surface area contributed by atoms with E-state index in [4.69, 9.17) is 27.2 Å². The van der Waals surface area contributed by atoms with Crippen molar-refractivity contribution in [2.45, 2.75) is 31.0 Å². The highest BCUT2D eigenvalue weighted by atomic mass is 35.5. The Morgan fingerprint density at radius 1 is 1.06 bits per heavy atom. The second-order valence-electron chi connectivity index (χ2n) is 7.47. The highest BCUT2D eigenvalue weighted by Crippen LogP contribution is 2.36. The van der Waals surface area contributed by atoms with Crippen LogP contribution in [-0.2, 0) is 16.8 Å². The Kier molecular flexibility index (Phi) is 8.65. The van der Waals surface area contributed by atoms with Gasteiger partial charge in [-0.1, -0.05) is 41.9 Å². The van der Waals surface area contributed by atoms with Crippen LogP contribution in [0.3, 0.4) is 0 Å². The number of alkyl halides is 3. The number of rotatable bonds is 5. The van der Waals surface area contributed by atoms with Crippen LogP contribution < -0.4 is 5.73 Å². The van der Waals surface area contributed by atoms with E-state index in [0.29, 0.717) is 23.4 Å². The minimum atomic E-state index is -5.08. The van der Waals surface area contributed by atoms with E-state index in [-0.39, 0.29) is 0 Å². The van der Waals surface area contributed by atoms with E-state index in [1.165, 1.54) is 5.56 Å². The molecule has 0 unspecified atom stereocenters. The summed E-state index contributed by atoms with van der Waals surface area (Å²) in [6.07, 6.45) is -2.82. The summed E-state index contributed by atoms with van der Waals surface area (Å²) in [6.45, 7) is 2.59. The number of likely N-dealkylation sites (tertiary alicyclic amines) is 1. The van der Waals surface area contributed by atoms with Gasteiger partial charge in [0.25, 0.3) is 0 Å². The van der Waals surface area contributed by atoms with Crippen molar-refractivity contribution in [2.75, 3.05) is 19.6 Å². The summed E-state index contributed by atoms with van der Waals surface area (Å²) < 4.78 is 31.7. The second-order valence-corrected chi connectivity index (χ2v) is 7.87. The normalized spacial score (nSPS) is 16.0. The summed E-state index contributed by atoms with van der Waals surface area (Å²) in [4.78, 5) is 22.4. The number of primary amides is 1. The lowest BCUT2D eigenvalue weighted by Crippen LogP contribution is -2.43. The van der Waals surface area contributed by atoms with Crippen molar-refractivity contribution in [2.24, 2.45) is 5.73 Å². The lowest BCUT2D eigenvalue weighted by atomic mass is 9.84. The zero-order valence-corrected chi connectivity index (χ0v) is 17.9. The van der Waals surface area contributed by atoms with Crippen LogP contribution in [-0.4, -0.2) is 52.8 Å². The summed E-state index contributed by atoms with van der Waals surface area (Å²) in [5, 5.41) is 18.7. The Bertz CT molecular complexity index is 928. The molecule has 0 radical (unpaired) electrons. The molecule has 0 spiro atoms. The lowest BCUT2D eigenvalue weighted by molar-refractivity contribution is -0.192. The molecule has 2 aromatic carbocycles. The first-order valence-corrected chi connectivity index (χ1v) is 10.2. The fraction of sp³-hybridized carbons (Fsp3) is 0.364. The van der Waals surface area contributed by atoms with Gasteiger partial charge < -0.3 is 20.8 Å². The van der Waals surface area contributed by atoms with Gasteiger partial charge in [0.15, 0.2) is 0 Å². The van der Waals surface area contributed by atoms with Crippen LogP contribution in [0.25, 0.3) is 0 Å². The Hall–Kier alpha value is -2.62. The summed E-state index contributed by atoms with van der Waals surface area (Å²) in [5.41, 5.74) is 6.97. The summed E-state index contributed by atoms with van der Waals surface area (Å²) in [7, 11) is 0. The molecule has 32 heavy (non-hydrogen) atoms. The van der Waals surface area contributed by atoms with Gasteiger partial charge in [-0.2, -0.15) is 13.2 Å². The van der Waals surface area contributed by atoms with Crippen LogP contribution in [0.4, 0.5) is 13.2 Å². The van der Waals surface area contributed by atoms with E-state index in [0.717, 1.165) is 31.6 Å². The number of aliphatic hydroxyl groups is 1. The van der Waals surface area contributed by atoms with E-state index in [1.54, 1.807) is 12.1 Å². The number of carbonyl (C=O) groups is 2. The van der Waals surface area contributed by atoms with Crippen LogP contribution in [0.1, 0.15) is 34.3 Å². The summed E-state index contributed by atoms with van der Waals surface area (Å²) >= 11 is 6.25. The molecule has 174 valence electrons. The van der Waals surface area contributed by atoms with Crippen molar-refractivity contribution in [1.29, 1.82) is 0 Å². The van der Waals surface area contributed by atoms with Crippen LogP contribution >= 0.6 is 11.6 Å². The first-order chi connectivity index (χ1) is 14.9. The third-order valence-corrected chi connectivity index (χ3v) is 5.59. The monoisotopic (exact) mass is 472 g/mol. The summed E-state index contributed by atoms with van der Waals surface area (Å²) in [6, 6.07) is 15.0. The van der Waals surface area contributed by atoms with Crippen molar-refractivity contribution in [1.82, 2.24) is 4.90 Å². The molecule has 3 rings (SSSR count). The molecule has 1 heterocycles. The maximum Gasteiger partial charge on any atom is 0.490 e.